The number of rotatable bonds is 8. The summed E-state index contributed by atoms with van der Waals surface area (Å²) in [7, 11) is 0. The standard InChI is InChI=1S/C23H20ClN5O5/c24-18-3-1-2-16(10-18)15-6-4-14(5-7-15)12-28(13-21(30)23(32)33)26-22(31)17-8-9-20-19(11-17)25-27-29(20)34/h1-11,21,30,34H,12-13H2,(H,26,31)(H,32,33)/t21-/m1/s1. The SMILES string of the molecule is O=C(NN(Cc1ccc(-c2cccc(Cl)c2)cc1)C[C@@H](O)C(=O)O)c1ccc2c(c1)nnn2O. The fourth-order valence-corrected chi connectivity index (χ4v) is 3.58. The lowest BCUT2D eigenvalue weighted by molar-refractivity contribution is -0.148. The molecule has 0 aliphatic heterocycles. The molecule has 1 aromatic heterocycles. The Morgan fingerprint density at radius 2 is 1.82 bits per heavy atom. The number of carboxylic acid groups (broad SMARTS) is 1. The molecule has 0 fully saturated rings. The Hall–Kier alpha value is -3.99. The van der Waals surface area contributed by atoms with Gasteiger partial charge in [0.05, 0.1) is 6.54 Å². The van der Waals surface area contributed by atoms with Gasteiger partial charge in [-0.2, -0.15) is 0 Å². The van der Waals surface area contributed by atoms with E-state index in [2.05, 4.69) is 15.7 Å². The number of amides is 1. The van der Waals surface area contributed by atoms with Gasteiger partial charge in [-0.05, 0) is 52.2 Å². The number of hydrogen-bond donors (Lipinski definition) is 4. The Morgan fingerprint density at radius 1 is 1.06 bits per heavy atom. The van der Waals surface area contributed by atoms with Crippen molar-refractivity contribution < 1.29 is 25.0 Å². The van der Waals surface area contributed by atoms with Crippen LogP contribution in [-0.4, -0.2) is 60.1 Å². The number of aliphatic hydroxyl groups excluding tert-OH is 1. The summed E-state index contributed by atoms with van der Waals surface area (Å²) in [6.45, 7) is -0.201. The third-order valence-corrected chi connectivity index (χ3v) is 5.35. The van der Waals surface area contributed by atoms with Crippen molar-refractivity contribution in [3.8, 4) is 11.1 Å². The molecule has 3 aromatic carbocycles. The molecule has 0 aliphatic rings. The van der Waals surface area contributed by atoms with Crippen LogP contribution in [0.25, 0.3) is 22.2 Å². The number of hydrogen-bond acceptors (Lipinski definition) is 7. The van der Waals surface area contributed by atoms with E-state index in [1.165, 1.54) is 23.2 Å². The summed E-state index contributed by atoms with van der Waals surface area (Å²) in [6, 6.07) is 19.3. The van der Waals surface area contributed by atoms with Crippen LogP contribution >= 0.6 is 11.6 Å². The van der Waals surface area contributed by atoms with Crippen molar-refractivity contribution in [2.24, 2.45) is 0 Å². The van der Waals surface area contributed by atoms with Gasteiger partial charge in [0.25, 0.3) is 5.91 Å². The van der Waals surface area contributed by atoms with Gasteiger partial charge in [-0.15, -0.1) is 5.10 Å². The first-order valence-electron chi connectivity index (χ1n) is 10.2. The number of halogens is 1. The molecule has 0 bridgehead atoms. The summed E-state index contributed by atoms with van der Waals surface area (Å²) in [5.41, 5.74) is 6.16. The quantitative estimate of drug-likeness (QED) is 0.222. The van der Waals surface area contributed by atoms with Crippen LogP contribution in [0, 0.1) is 0 Å². The molecule has 0 saturated carbocycles. The Morgan fingerprint density at radius 3 is 2.53 bits per heavy atom. The molecule has 4 N–H and O–H groups in total. The lowest BCUT2D eigenvalue weighted by atomic mass is 10.0. The first kappa shape index (κ1) is 23.2. The maximum absolute atomic E-state index is 12.8. The van der Waals surface area contributed by atoms with E-state index in [9.17, 15) is 19.9 Å². The number of aliphatic hydroxyl groups is 1. The summed E-state index contributed by atoms with van der Waals surface area (Å²) in [5, 5.41) is 37.7. The molecule has 11 heteroatoms. The summed E-state index contributed by atoms with van der Waals surface area (Å²) >= 11 is 6.06. The first-order chi connectivity index (χ1) is 16.3. The zero-order chi connectivity index (χ0) is 24.2. The minimum atomic E-state index is -1.71. The number of hydrazine groups is 1. The summed E-state index contributed by atoms with van der Waals surface area (Å²) in [6.07, 6.45) is -1.71. The number of carboxylic acids is 1. The number of nitrogens with one attached hydrogen (secondary N) is 1. The molecule has 1 heterocycles. The highest BCUT2D eigenvalue weighted by Crippen LogP contribution is 2.23. The highest BCUT2D eigenvalue weighted by molar-refractivity contribution is 6.30. The maximum atomic E-state index is 12.8. The van der Waals surface area contributed by atoms with E-state index in [1.54, 1.807) is 6.07 Å². The van der Waals surface area contributed by atoms with Gasteiger partial charge in [-0.1, -0.05) is 52.8 Å². The first-order valence-corrected chi connectivity index (χ1v) is 10.5. The molecule has 34 heavy (non-hydrogen) atoms. The predicted octanol–water partition coefficient (Wildman–Crippen LogP) is 2.58. The number of aliphatic carboxylic acids is 1. The van der Waals surface area contributed by atoms with E-state index >= 15 is 0 Å². The summed E-state index contributed by atoms with van der Waals surface area (Å²) in [5.74, 6) is -1.95. The average molecular weight is 482 g/mol. The van der Waals surface area contributed by atoms with Crippen molar-refractivity contribution >= 4 is 34.5 Å². The minimum absolute atomic E-state index is 0.140. The van der Waals surface area contributed by atoms with Gasteiger partial charge in [0.15, 0.2) is 6.10 Å². The van der Waals surface area contributed by atoms with E-state index in [4.69, 9.17) is 16.7 Å². The molecule has 0 spiro atoms. The number of carbonyl (C=O) groups excluding carboxylic acids is 1. The van der Waals surface area contributed by atoms with Crippen LogP contribution < -0.4 is 5.43 Å². The number of nitrogens with zero attached hydrogens (tertiary/aromatic N) is 4. The van der Waals surface area contributed by atoms with Crippen molar-refractivity contribution in [2.45, 2.75) is 12.6 Å². The smallest absolute Gasteiger partial charge is 0.333 e. The normalized spacial score (nSPS) is 12.1. The van der Waals surface area contributed by atoms with Crippen LogP contribution in [0.15, 0.2) is 66.7 Å². The van der Waals surface area contributed by atoms with Gasteiger partial charge >= 0.3 is 5.97 Å². The second kappa shape index (κ2) is 9.87. The van der Waals surface area contributed by atoms with E-state index < -0.39 is 18.0 Å². The molecular formula is C23H20ClN5O5. The predicted molar refractivity (Wildman–Crippen MR) is 123 cm³/mol. The number of carbonyl (C=O) groups is 2. The Kier molecular flexibility index (Phi) is 6.73. The van der Waals surface area contributed by atoms with Gasteiger partial charge in [-0.25, -0.2) is 9.80 Å². The Labute approximate surface area is 198 Å². The van der Waals surface area contributed by atoms with E-state index in [1.807, 2.05) is 42.5 Å². The van der Waals surface area contributed by atoms with Gasteiger partial charge in [0.1, 0.15) is 11.0 Å². The number of aromatic nitrogens is 3. The lowest BCUT2D eigenvalue weighted by Gasteiger charge is -2.24. The van der Waals surface area contributed by atoms with Crippen molar-refractivity contribution in [1.82, 2.24) is 25.6 Å². The second-order valence-corrected chi connectivity index (χ2v) is 8.00. The van der Waals surface area contributed by atoms with E-state index in [-0.39, 0.29) is 18.7 Å². The Bertz CT molecular complexity index is 1340. The van der Waals surface area contributed by atoms with Gasteiger partial charge in [0.2, 0.25) is 0 Å². The van der Waals surface area contributed by atoms with Crippen LogP contribution in [0.2, 0.25) is 5.02 Å². The van der Waals surface area contributed by atoms with Crippen LogP contribution in [0.4, 0.5) is 0 Å². The maximum Gasteiger partial charge on any atom is 0.333 e. The molecule has 1 amide bonds. The lowest BCUT2D eigenvalue weighted by Crippen LogP contribution is -2.47. The largest absolute Gasteiger partial charge is 0.479 e. The van der Waals surface area contributed by atoms with Crippen LogP contribution in [0.3, 0.4) is 0 Å². The average Bonchev–Trinajstić information content (AvgIpc) is 3.19. The molecule has 0 radical (unpaired) electrons. The van der Waals surface area contributed by atoms with Gasteiger partial charge in [0, 0.05) is 17.1 Å². The third-order valence-electron chi connectivity index (χ3n) is 5.11. The van der Waals surface area contributed by atoms with Crippen LogP contribution in [0.1, 0.15) is 15.9 Å². The molecule has 4 aromatic rings. The number of benzene rings is 3. The number of fused-ring (bicyclic) bond motifs is 1. The zero-order valence-corrected chi connectivity index (χ0v) is 18.4. The van der Waals surface area contributed by atoms with Crippen LogP contribution in [0.5, 0.6) is 0 Å². The molecule has 10 nitrogen and oxygen atoms in total. The topological polar surface area (TPSA) is 141 Å². The third kappa shape index (κ3) is 5.31. The highest BCUT2D eigenvalue weighted by atomic mass is 35.5. The van der Waals surface area contributed by atoms with E-state index in [0.717, 1.165) is 16.7 Å². The Balaban J connectivity index is 1.52. The highest BCUT2D eigenvalue weighted by Gasteiger charge is 2.21. The van der Waals surface area contributed by atoms with E-state index in [0.29, 0.717) is 20.9 Å². The summed E-state index contributed by atoms with van der Waals surface area (Å²) in [4.78, 5) is 24.6. The van der Waals surface area contributed by atoms with Crippen molar-refractivity contribution in [3.05, 3.63) is 82.9 Å². The monoisotopic (exact) mass is 481 g/mol. The van der Waals surface area contributed by atoms with Gasteiger partial charge in [-0.3, -0.25) is 10.2 Å². The summed E-state index contributed by atoms with van der Waals surface area (Å²) < 4.78 is 0. The zero-order valence-electron chi connectivity index (χ0n) is 17.7. The fourth-order valence-electron chi connectivity index (χ4n) is 3.39. The van der Waals surface area contributed by atoms with Gasteiger partial charge < -0.3 is 15.4 Å². The molecular weight excluding hydrogens is 462 g/mol. The molecule has 0 unspecified atom stereocenters. The van der Waals surface area contributed by atoms with Crippen molar-refractivity contribution in [1.29, 1.82) is 0 Å². The second-order valence-electron chi connectivity index (χ2n) is 7.57. The molecule has 1 atom stereocenters. The van der Waals surface area contributed by atoms with Crippen molar-refractivity contribution in [3.63, 3.8) is 0 Å². The molecule has 4 rings (SSSR count). The minimum Gasteiger partial charge on any atom is -0.479 e. The van der Waals surface area contributed by atoms with Crippen LogP contribution in [-0.2, 0) is 11.3 Å². The molecule has 174 valence electrons. The molecule has 0 saturated heterocycles. The fraction of sp³-hybridized carbons (Fsp3) is 0.130. The molecule has 0 aliphatic carbocycles. The van der Waals surface area contributed by atoms with Crippen molar-refractivity contribution in [2.75, 3.05) is 6.54 Å².